The van der Waals surface area contributed by atoms with Crippen LogP contribution in [0.5, 0.6) is 0 Å². The van der Waals surface area contributed by atoms with E-state index in [1.165, 1.54) is 25.0 Å². The molecule has 0 radical (unpaired) electrons. The van der Waals surface area contributed by atoms with Crippen molar-refractivity contribution in [3.63, 3.8) is 0 Å². The van der Waals surface area contributed by atoms with Gasteiger partial charge in [-0.25, -0.2) is 9.97 Å². The van der Waals surface area contributed by atoms with Crippen molar-refractivity contribution in [2.45, 2.75) is 45.1 Å². The van der Waals surface area contributed by atoms with Crippen molar-refractivity contribution in [3.05, 3.63) is 23.8 Å². The molecule has 1 aromatic heterocycles. The number of piperidine rings is 1. The summed E-state index contributed by atoms with van der Waals surface area (Å²) in [5.74, 6) is 0. The third-order valence-electron chi connectivity index (χ3n) is 3.01. The normalized spacial score (nSPS) is 21.5. The minimum Gasteiger partial charge on any atom is -0.314 e. The lowest BCUT2D eigenvalue weighted by Crippen LogP contribution is -2.35. The van der Waals surface area contributed by atoms with Gasteiger partial charge in [0.2, 0.25) is 0 Å². The molecule has 1 atom stereocenters. The van der Waals surface area contributed by atoms with Crippen molar-refractivity contribution in [2.75, 3.05) is 6.54 Å². The summed E-state index contributed by atoms with van der Waals surface area (Å²) in [5.41, 5.74) is 2.33. The second kappa shape index (κ2) is 5.21. The highest BCUT2D eigenvalue weighted by molar-refractivity contribution is 5.09. The summed E-state index contributed by atoms with van der Waals surface area (Å²) in [6, 6.07) is 2.76. The Kier molecular flexibility index (Phi) is 3.67. The standard InChI is InChI=1S/C12H19N3/c1-2-10-7-12(15-9-14-10)8-11-5-3-4-6-13-11/h7,9,11,13H,2-6,8H2,1H3. The van der Waals surface area contributed by atoms with E-state index < -0.39 is 0 Å². The van der Waals surface area contributed by atoms with Gasteiger partial charge in [0.1, 0.15) is 6.33 Å². The Hall–Kier alpha value is -0.960. The Morgan fingerprint density at radius 3 is 2.93 bits per heavy atom. The molecule has 1 aromatic rings. The van der Waals surface area contributed by atoms with E-state index >= 15 is 0 Å². The Labute approximate surface area is 91.3 Å². The van der Waals surface area contributed by atoms with Gasteiger partial charge in [-0.3, -0.25) is 0 Å². The zero-order valence-corrected chi connectivity index (χ0v) is 9.37. The summed E-state index contributed by atoms with van der Waals surface area (Å²) in [6.07, 6.45) is 7.69. The quantitative estimate of drug-likeness (QED) is 0.816. The molecule has 2 heterocycles. The smallest absolute Gasteiger partial charge is 0.115 e. The van der Waals surface area contributed by atoms with Gasteiger partial charge in [0.25, 0.3) is 0 Å². The van der Waals surface area contributed by atoms with Crippen LogP contribution in [0.1, 0.15) is 37.6 Å². The van der Waals surface area contributed by atoms with Crippen LogP contribution in [0.2, 0.25) is 0 Å². The predicted molar refractivity (Wildman–Crippen MR) is 60.8 cm³/mol. The van der Waals surface area contributed by atoms with Crippen LogP contribution in [0, 0.1) is 0 Å². The monoisotopic (exact) mass is 205 g/mol. The molecule has 1 N–H and O–H groups in total. The molecule has 3 heteroatoms. The van der Waals surface area contributed by atoms with E-state index in [2.05, 4.69) is 28.3 Å². The predicted octanol–water partition coefficient (Wildman–Crippen LogP) is 1.72. The third-order valence-corrected chi connectivity index (χ3v) is 3.01. The van der Waals surface area contributed by atoms with E-state index in [0.29, 0.717) is 6.04 Å². The van der Waals surface area contributed by atoms with Crippen LogP contribution >= 0.6 is 0 Å². The lowest BCUT2D eigenvalue weighted by molar-refractivity contribution is 0.397. The number of aryl methyl sites for hydroxylation is 1. The first-order chi connectivity index (χ1) is 7.38. The fourth-order valence-electron chi connectivity index (χ4n) is 2.10. The first-order valence-electron chi connectivity index (χ1n) is 5.91. The van der Waals surface area contributed by atoms with Crippen LogP contribution in [0.4, 0.5) is 0 Å². The van der Waals surface area contributed by atoms with Gasteiger partial charge in [-0.15, -0.1) is 0 Å². The molecule has 0 amide bonds. The highest BCUT2D eigenvalue weighted by Crippen LogP contribution is 2.11. The topological polar surface area (TPSA) is 37.8 Å². The van der Waals surface area contributed by atoms with Crippen LogP contribution in [0.15, 0.2) is 12.4 Å². The van der Waals surface area contributed by atoms with Crippen molar-refractivity contribution in [1.29, 1.82) is 0 Å². The summed E-state index contributed by atoms with van der Waals surface area (Å²) in [6.45, 7) is 3.29. The van der Waals surface area contributed by atoms with Crippen LogP contribution in [0.25, 0.3) is 0 Å². The molecule has 0 spiro atoms. The van der Waals surface area contributed by atoms with Crippen molar-refractivity contribution in [1.82, 2.24) is 15.3 Å². The Balaban J connectivity index is 1.96. The lowest BCUT2D eigenvalue weighted by atomic mass is 10.0. The number of hydrogen-bond donors (Lipinski definition) is 1. The first kappa shape index (κ1) is 10.6. The SMILES string of the molecule is CCc1cc(CC2CCCCN2)ncn1. The van der Waals surface area contributed by atoms with Crippen LogP contribution in [-0.4, -0.2) is 22.6 Å². The molecule has 2 rings (SSSR count). The van der Waals surface area contributed by atoms with E-state index in [1.807, 2.05) is 0 Å². The molecule has 0 aromatic carbocycles. The molecule has 1 aliphatic heterocycles. The lowest BCUT2D eigenvalue weighted by Gasteiger charge is -2.23. The summed E-state index contributed by atoms with van der Waals surface area (Å²) in [4.78, 5) is 8.55. The van der Waals surface area contributed by atoms with E-state index in [0.717, 1.165) is 25.1 Å². The summed E-state index contributed by atoms with van der Waals surface area (Å²) in [7, 11) is 0. The summed E-state index contributed by atoms with van der Waals surface area (Å²) in [5, 5.41) is 3.54. The van der Waals surface area contributed by atoms with Gasteiger partial charge >= 0.3 is 0 Å². The molecule has 1 fully saturated rings. The highest BCUT2D eigenvalue weighted by atomic mass is 14.9. The Morgan fingerprint density at radius 1 is 1.33 bits per heavy atom. The summed E-state index contributed by atoms with van der Waals surface area (Å²) >= 11 is 0. The maximum atomic E-state index is 4.33. The van der Waals surface area contributed by atoms with E-state index in [4.69, 9.17) is 0 Å². The number of nitrogens with zero attached hydrogens (tertiary/aromatic N) is 2. The second-order valence-electron chi connectivity index (χ2n) is 4.21. The molecule has 3 nitrogen and oxygen atoms in total. The average Bonchev–Trinajstić information content (AvgIpc) is 2.31. The van der Waals surface area contributed by atoms with Crippen molar-refractivity contribution in [3.8, 4) is 0 Å². The molecule has 1 unspecified atom stereocenters. The molecule has 1 saturated heterocycles. The van der Waals surface area contributed by atoms with E-state index in [1.54, 1.807) is 6.33 Å². The van der Waals surface area contributed by atoms with Gasteiger partial charge < -0.3 is 5.32 Å². The van der Waals surface area contributed by atoms with Crippen LogP contribution in [-0.2, 0) is 12.8 Å². The zero-order valence-electron chi connectivity index (χ0n) is 9.37. The first-order valence-corrected chi connectivity index (χ1v) is 5.91. The number of hydrogen-bond acceptors (Lipinski definition) is 3. The maximum Gasteiger partial charge on any atom is 0.115 e. The zero-order chi connectivity index (χ0) is 10.5. The van der Waals surface area contributed by atoms with E-state index in [9.17, 15) is 0 Å². The molecule has 0 saturated carbocycles. The fourth-order valence-corrected chi connectivity index (χ4v) is 2.10. The molecule has 82 valence electrons. The van der Waals surface area contributed by atoms with Gasteiger partial charge in [-0.1, -0.05) is 13.3 Å². The van der Waals surface area contributed by atoms with Gasteiger partial charge in [0.05, 0.1) is 0 Å². The molecule has 15 heavy (non-hydrogen) atoms. The second-order valence-corrected chi connectivity index (χ2v) is 4.21. The molecule has 0 bridgehead atoms. The molecular formula is C12H19N3. The minimum absolute atomic E-state index is 0.623. The largest absolute Gasteiger partial charge is 0.314 e. The third kappa shape index (κ3) is 2.99. The van der Waals surface area contributed by atoms with Crippen LogP contribution in [0.3, 0.4) is 0 Å². The fraction of sp³-hybridized carbons (Fsp3) is 0.667. The molecule has 0 aliphatic carbocycles. The van der Waals surface area contributed by atoms with Crippen molar-refractivity contribution >= 4 is 0 Å². The Bertz CT molecular complexity index is 305. The van der Waals surface area contributed by atoms with Crippen LogP contribution < -0.4 is 5.32 Å². The average molecular weight is 205 g/mol. The van der Waals surface area contributed by atoms with Crippen molar-refractivity contribution in [2.24, 2.45) is 0 Å². The van der Waals surface area contributed by atoms with Crippen molar-refractivity contribution < 1.29 is 0 Å². The highest BCUT2D eigenvalue weighted by Gasteiger charge is 2.13. The molecule has 1 aliphatic rings. The number of nitrogens with one attached hydrogen (secondary N) is 1. The van der Waals surface area contributed by atoms with E-state index in [-0.39, 0.29) is 0 Å². The Morgan fingerprint density at radius 2 is 2.20 bits per heavy atom. The number of aromatic nitrogens is 2. The van der Waals surface area contributed by atoms with Gasteiger partial charge in [0.15, 0.2) is 0 Å². The van der Waals surface area contributed by atoms with Gasteiger partial charge in [-0.2, -0.15) is 0 Å². The molecular weight excluding hydrogens is 186 g/mol. The number of rotatable bonds is 3. The maximum absolute atomic E-state index is 4.33. The van der Waals surface area contributed by atoms with Gasteiger partial charge in [-0.05, 0) is 31.9 Å². The summed E-state index contributed by atoms with van der Waals surface area (Å²) < 4.78 is 0. The van der Waals surface area contributed by atoms with Gasteiger partial charge in [0, 0.05) is 23.9 Å². The minimum atomic E-state index is 0.623.